The molecule has 0 N–H and O–H groups in total. The van der Waals surface area contributed by atoms with E-state index >= 15 is 0 Å². The van der Waals surface area contributed by atoms with Crippen LogP contribution in [0.25, 0.3) is 11.3 Å². The number of benzene rings is 1. The van der Waals surface area contributed by atoms with E-state index in [1.807, 2.05) is 45.0 Å². The lowest BCUT2D eigenvalue weighted by molar-refractivity contribution is 0.340. The topological polar surface area (TPSA) is 35.3 Å². The van der Waals surface area contributed by atoms with Crippen LogP contribution in [0.4, 0.5) is 0 Å². The predicted molar refractivity (Wildman–Crippen MR) is 62.6 cm³/mol. The average molecular weight is 217 g/mol. The van der Waals surface area contributed by atoms with Crippen molar-refractivity contribution in [1.29, 1.82) is 0 Å². The van der Waals surface area contributed by atoms with Crippen LogP contribution in [0.1, 0.15) is 18.5 Å². The Bertz CT molecular complexity index is 488. The van der Waals surface area contributed by atoms with Gasteiger partial charge in [0.05, 0.1) is 12.3 Å². The Morgan fingerprint density at radius 1 is 1.31 bits per heavy atom. The lowest BCUT2D eigenvalue weighted by Gasteiger charge is -2.04. The highest BCUT2D eigenvalue weighted by molar-refractivity contribution is 5.61. The fourth-order valence-electron chi connectivity index (χ4n) is 1.69. The second-order valence-corrected chi connectivity index (χ2v) is 3.61. The monoisotopic (exact) mass is 217 g/mol. The summed E-state index contributed by atoms with van der Waals surface area (Å²) in [5.74, 6) is 2.36. The second-order valence-electron chi connectivity index (χ2n) is 3.61. The summed E-state index contributed by atoms with van der Waals surface area (Å²) in [5, 5.41) is 0. The van der Waals surface area contributed by atoms with E-state index in [-0.39, 0.29) is 0 Å². The number of oxazole rings is 1. The Morgan fingerprint density at radius 2 is 2.12 bits per heavy atom. The minimum absolute atomic E-state index is 0.665. The average Bonchev–Trinajstić information content (AvgIpc) is 2.59. The third-order valence-electron chi connectivity index (χ3n) is 2.31. The molecular weight excluding hydrogens is 202 g/mol. The van der Waals surface area contributed by atoms with Crippen LogP contribution in [0.2, 0.25) is 0 Å². The van der Waals surface area contributed by atoms with Gasteiger partial charge in [0.2, 0.25) is 0 Å². The van der Waals surface area contributed by atoms with E-state index in [0.717, 1.165) is 22.8 Å². The number of nitrogens with zero attached hydrogens (tertiary/aromatic N) is 1. The summed E-state index contributed by atoms with van der Waals surface area (Å²) in [7, 11) is 0. The smallest absolute Gasteiger partial charge is 0.192 e. The Morgan fingerprint density at radius 3 is 2.75 bits per heavy atom. The molecule has 0 amide bonds. The minimum Gasteiger partial charge on any atom is -0.494 e. The molecule has 0 atom stereocenters. The number of aryl methyl sites for hydroxylation is 2. The first-order chi connectivity index (χ1) is 7.70. The van der Waals surface area contributed by atoms with Crippen molar-refractivity contribution in [1.82, 2.24) is 4.98 Å². The molecule has 0 radical (unpaired) electrons. The lowest BCUT2D eigenvalue weighted by Crippen LogP contribution is -1.91. The molecule has 0 aliphatic rings. The van der Waals surface area contributed by atoms with Gasteiger partial charge in [0.25, 0.3) is 0 Å². The summed E-state index contributed by atoms with van der Waals surface area (Å²) >= 11 is 0. The van der Waals surface area contributed by atoms with Crippen LogP contribution in [0.5, 0.6) is 5.75 Å². The highest BCUT2D eigenvalue weighted by Gasteiger charge is 2.09. The third kappa shape index (κ3) is 2.08. The largest absolute Gasteiger partial charge is 0.494 e. The summed E-state index contributed by atoms with van der Waals surface area (Å²) in [5.41, 5.74) is 1.91. The molecule has 0 bridgehead atoms. The first-order valence-corrected chi connectivity index (χ1v) is 5.38. The fraction of sp³-hybridized carbons (Fsp3) is 0.308. The van der Waals surface area contributed by atoms with Crippen LogP contribution in [-0.4, -0.2) is 11.6 Å². The van der Waals surface area contributed by atoms with E-state index in [1.165, 1.54) is 0 Å². The standard InChI is InChI=1S/C13H15NO2/c1-4-15-12-7-5-6-11(8-12)13-9(2)14-10(3)16-13/h5-8H,4H2,1-3H3. The van der Waals surface area contributed by atoms with Crippen molar-refractivity contribution in [3.8, 4) is 17.1 Å². The van der Waals surface area contributed by atoms with E-state index in [9.17, 15) is 0 Å². The minimum atomic E-state index is 0.665. The summed E-state index contributed by atoms with van der Waals surface area (Å²) in [6.45, 7) is 6.43. The molecule has 1 heterocycles. The van der Waals surface area contributed by atoms with Gasteiger partial charge < -0.3 is 9.15 Å². The van der Waals surface area contributed by atoms with Crippen molar-refractivity contribution in [2.75, 3.05) is 6.61 Å². The molecule has 1 aromatic heterocycles. The van der Waals surface area contributed by atoms with Crippen molar-refractivity contribution < 1.29 is 9.15 Å². The van der Waals surface area contributed by atoms with Gasteiger partial charge in [0.1, 0.15) is 5.75 Å². The highest BCUT2D eigenvalue weighted by atomic mass is 16.5. The summed E-state index contributed by atoms with van der Waals surface area (Å²) in [4.78, 5) is 4.26. The molecule has 84 valence electrons. The van der Waals surface area contributed by atoms with E-state index in [2.05, 4.69) is 4.98 Å². The molecule has 0 aliphatic carbocycles. The van der Waals surface area contributed by atoms with Crippen molar-refractivity contribution in [2.24, 2.45) is 0 Å². The summed E-state index contributed by atoms with van der Waals surface area (Å²) in [6.07, 6.45) is 0. The van der Waals surface area contributed by atoms with Gasteiger partial charge in [0.15, 0.2) is 11.7 Å². The van der Waals surface area contributed by atoms with E-state index < -0.39 is 0 Å². The Balaban J connectivity index is 2.40. The van der Waals surface area contributed by atoms with Gasteiger partial charge in [-0.25, -0.2) is 4.98 Å². The van der Waals surface area contributed by atoms with Gasteiger partial charge in [0, 0.05) is 12.5 Å². The Kier molecular flexibility index (Phi) is 2.95. The van der Waals surface area contributed by atoms with E-state index in [1.54, 1.807) is 0 Å². The molecule has 0 saturated heterocycles. The third-order valence-corrected chi connectivity index (χ3v) is 2.31. The van der Waals surface area contributed by atoms with Crippen LogP contribution >= 0.6 is 0 Å². The lowest BCUT2D eigenvalue weighted by atomic mass is 10.1. The second kappa shape index (κ2) is 4.39. The molecule has 16 heavy (non-hydrogen) atoms. The van der Waals surface area contributed by atoms with Gasteiger partial charge >= 0.3 is 0 Å². The molecule has 3 heteroatoms. The highest BCUT2D eigenvalue weighted by Crippen LogP contribution is 2.27. The zero-order valence-corrected chi connectivity index (χ0v) is 9.78. The van der Waals surface area contributed by atoms with Crippen LogP contribution in [0.15, 0.2) is 28.7 Å². The zero-order valence-electron chi connectivity index (χ0n) is 9.78. The zero-order chi connectivity index (χ0) is 11.5. The number of ether oxygens (including phenoxy) is 1. The van der Waals surface area contributed by atoms with Gasteiger partial charge in [-0.05, 0) is 26.0 Å². The van der Waals surface area contributed by atoms with Crippen molar-refractivity contribution in [2.45, 2.75) is 20.8 Å². The predicted octanol–water partition coefficient (Wildman–Crippen LogP) is 3.36. The maximum absolute atomic E-state index is 5.57. The summed E-state index contributed by atoms with van der Waals surface area (Å²) in [6, 6.07) is 7.86. The maximum Gasteiger partial charge on any atom is 0.192 e. The quantitative estimate of drug-likeness (QED) is 0.790. The molecule has 0 aliphatic heterocycles. The van der Waals surface area contributed by atoms with Gasteiger partial charge in [-0.15, -0.1) is 0 Å². The van der Waals surface area contributed by atoms with Crippen LogP contribution in [-0.2, 0) is 0 Å². The van der Waals surface area contributed by atoms with Crippen LogP contribution < -0.4 is 4.74 Å². The fourth-order valence-corrected chi connectivity index (χ4v) is 1.69. The van der Waals surface area contributed by atoms with Gasteiger partial charge in [-0.3, -0.25) is 0 Å². The number of hydrogen-bond acceptors (Lipinski definition) is 3. The first-order valence-electron chi connectivity index (χ1n) is 5.38. The molecule has 0 unspecified atom stereocenters. The number of rotatable bonds is 3. The van der Waals surface area contributed by atoms with Crippen LogP contribution in [0.3, 0.4) is 0 Å². The van der Waals surface area contributed by atoms with E-state index in [0.29, 0.717) is 12.5 Å². The van der Waals surface area contributed by atoms with Crippen LogP contribution in [0, 0.1) is 13.8 Å². The van der Waals surface area contributed by atoms with Crippen molar-refractivity contribution >= 4 is 0 Å². The SMILES string of the molecule is CCOc1cccc(-c2oc(C)nc2C)c1. The van der Waals surface area contributed by atoms with Crippen molar-refractivity contribution in [3.63, 3.8) is 0 Å². The molecule has 3 nitrogen and oxygen atoms in total. The molecule has 0 spiro atoms. The number of aromatic nitrogens is 1. The molecule has 2 rings (SSSR count). The molecule has 2 aromatic rings. The van der Waals surface area contributed by atoms with Gasteiger partial charge in [-0.2, -0.15) is 0 Å². The molecule has 1 aromatic carbocycles. The van der Waals surface area contributed by atoms with Crippen molar-refractivity contribution in [3.05, 3.63) is 35.9 Å². The Hall–Kier alpha value is -1.77. The molecule has 0 saturated carbocycles. The molecule has 0 fully saturated rings. The van der Waals surface area contributed by atoms with E-state index in [4.69, 9.17) is 9.15 Å². The summed E-state index contributed by atoms with van der Waals surface area (Å²) < 4.78 is 11.0. The maximum atomic E-state index is 5.57. The Labute approximate surface area is 95.1 Å². The normalized spacial score (nSPS) is 10.4. The molecular formula is C13H15NO2. The number of hydrogen-bond donors (Lipinski definition) is 0. The van der Waals surface area contributed by atoms with Gasteiger partial charge in [-0.1, -0.05) is 12.1 Å². The first kappa shape index (κ1) is 10.7.